The Morgan fingerprint density at radius 1 is 1.54 bits per heavy atom. The zero-order valence-corrected chi connectivity index (χ0v) is 9.10. The van der Waals surface area contributed by atoms with Crippen LogP contribution in [0.3, 0.4) is 0 Å². The molecule has 2 heteroatoms. The van der Waals surface area contributed by atoms with Gasteiger partial charge >= 0.3 is 0 Å². The van der Waals surface area contributed by atoms with Gasteiger partial charge in [-0.15, -0.1) is 0 Å². The van der Waals surface area contributed by atoms with Gasteiger partial charge < -0.3 is 10.6 Å². The second kappa shape index (κ2) is 6.39. The minimum Gasteiger partial charge on any atom is -0.316 e. The molecule has 1 saturated heterocycles. The highest BCUT2D eigenvalue weighted by Crippen LogP contribution is 2.07. The third-order valence-corrected chi connectivity index (χ3v) is 2.91. The smallest absolute Gasteiger partial charge is 0.00388 e. The summed E-state index contributed by atoms with van der Waals surface area (Å²) in [6.07, 6.45) is 5.36. The molecule has 0 saturated carbocycles. The third kappa shape index (κ3) is 4.63. The first-order valence-electron chi connectivity index (χ1n) is 5.77. The first-order valence-corrected chi connectivity index (χ1v) is 5.77. The molecule has 0 radical (unpaired) electrons. The van der Waals surface area contributed by atoms with Crippen LogP contribution in [0, 0.1) is 5.92 Å². The number of hydrogen-bond donors (Lipinski definition) is 2. The van der Waals surface area contributed by atoms with E-state index < -0.39 is 0 Å². The number of nitrogens with one attached hydrogen (secondary N) is 2. The van der Waals surface area contributed by atoms with E-state index in [1.807, 2.05) is 0 Å². The Bertz CT molecular complexity index is 119. The van der Waals surface area contributed by atoms with E-state index in [1.165, 1.54) is 45.3 Å². The maximum absolute atomic E-state index is 3.62. The predicted molar refractivity (Wildman–Crippen MR) is 58.0 cm³/mol. The van der Waals surface area contributed by atoms with Gasteiger partial charge in [0.2, 0.25) is 0 Å². The Labute approximate surface area is 82.5 Å². The van der Waals surface area contributed by atoms with E-state index in [2.05, 4.69) is 24.5 Å². The highest BCUT2D eigenvalue weighted by Gasteiger charge is 2.14. The van der Waals surface area contributed by atoms with Crippen LogP contribution in [0.4, 0.5) is 0 Å². The van der Waals surface area contributed by atoms with Crippen molar-refractivity contribution in [1.82, 2.24) is 10.6 Å². The second-order valence-electron chi connectivity index (χ2n) is 4.31. The molecule has 0 spiro atoms. The van der Waals surface area contributed by atoms with E-state index in [9.17, 15) is 0 Å². The fourth-order valence-corrected chi connectivity index (χ4v) is 1.87. The van der Waals surface area contributed by atoms with Crippen LogP contribution in [-0.2, 0) is 0 Å². The van der Waals surface area contributed by atoms with Crippen LogP contribution >= 0.6 is 0 Å². The van der Waals surface area contributed by atoms with E-state index in [-0.39, 0.29) is 0 Å². The molecule has 13 heavy (non-hydrogen) atoms. The zero-order chi connectivity index (χ0) is 9.52. The topological polar surface area (TPSA) is 24.1 Å². The lowest BCUT2D eigenvalue weighted by atomic mass is 10.1. The first-order chi connectivity index (χ1) is 6.33. The molecule has 1 heterocycles. The molecule has 2 nitrogen and oxygen atoms in total. The Kier molecular flexibility index (Phi) is 5.40. The minimum absolute atomic E-state index is 0.709. The van der Waals surface area contributed by atoms with Crippen LogP contribution in [0.2, 0.25) is 0 Å². The number of unbranched alkanes of at least 4 members (excludes halogenated alkanes) is 1. The van der Waals surface area contributed by atoms with Crippen molar-refractivity contribution in [3.05, 3.63) is 0 Å². The Balaban J connectivity index is 1.97. The lowest BCUT2D eigenvalue weighted by Crippen LogP contribution is -2.31. The summed E-state index contributed by atoms with van der Waals surface area (Å²) in [6, 6.07) is 0.709. The van der Waals surface area contributed by atoms with Gasteiger partial charge in [0.25, 0.3) is 0 Å². The van der Waals surface area contributed by atoms with Gasteiger partial charge in [-0.25, -0.2) is 0 Å². The maximum atomic E-state index is 3.62. The predicted octanol–water partition coefficient (Wildman–Crippen LogP) is 1.76. The van der Waals surface area contributed by atoms with E-state index in [0.29, 0.717) is 6.04 Å². The molecule has 0 bridgehead atoms. The van der Waals surface area contributed by atoms with Crippen LogP contribution in [-0.4, -0.2) is 25.7 Å². The van der Waals surface area contributed by atoms with E-state index >= 15 is 0 Å². The zero-order valence-electron chi connectivity index (χ0n) is 9.10. The van der Waals surface area contributed by atoms with Crippen molar-refractivity contribution in [1.29, 1.82) is 0 Å². The van der Waals surface area contributed by atoms with Gasteiger partial charge in [-0.2, -0.15) is 0 Å². The maximum Gasteiger partial charge on any atom is 0.00388 e. The van der Waals surface area contributed by atoms with Gasteiger partial charge in [0.05, 0.1) is 0 Å². The summed E-state index contributed by atoms with van der Waals surface area (Å²) in [4.78, 5) is 0. The van der Waals surface area contributed by atoms with Gasteiger partial charge in [0.1, 0.15) is 0 Å². The summed E-state index contributed by atoms with van der Waals surface area (Å²) < 4.78 is 0. The summed E-state index contributed by atoms with van der Waals surface area (Å²) in [6.45, 7) is 8.20. The van der Waals surface area contributed by atoms with Crippen molar-refractivity contribution in [2.45, 2.75) is 45.6 Å². The quantitative estimate of drug-likeness (QED) is 0.657. The largest absolute Gasteiger partial charge is 0.316 e. The van der Waals surface area contributed by atoms with Crippen molar-refractivity contribution in [3.63, 3.8) is 0 Å². The van der Waals surface area contributed by atoms with Crippen LogP contribution in [0.25, 0.3) is 0 Å². The van der Waals surface area contributed by atoms with Crippen molar-refractivity contribution < 1.29 is 0 Å². The molecule has 0 aromatic rings. The van der Waals surface area contributed by atoms with Gasteiger partial charge in [-0.3, -0.25) is 0 Å². The molecule has 2 N–H and O–H groups in total. The average molecular weight is 184 g/mol. The molecule has 1 aliphatic heterocycles. The van der Waals surface area contributed by atoms with E-state index in [0.717, 1.165) is 5.92 Å². The van der Waals surface area contributed by atoms with Crippen molar-refractivity contribution in [2.75, 3.05) is 19.6 Å². The molecule has 0 aromatic carbocycles. The van der Waals surface area contributed by atoms with Crippen molar-refractivity contribution in [3.8, 4) is 0 Å². The van der Waals surface area contributed by atoms with Gasteiger partial charge in [0, 0.05) is 6.04 Å². The third-order valence-electron chi connectivity index (χ3n) is 2.91. The van der Waals surface area contributed by atoms with E-state index in [1.54, 1.807) is 0 Å². The second-order valence-corrected chi connectivity index (χ2v) is 4.31. The van der Waals surface area contributed by atoms with Gasteiger partial charge in [-0.1, -0.05) is 19.8 Å². The summed E-state index contributed by atoms with van der Waals surface area (Å²) in [7, 11) is 0. The minimum atomic E-state index is 0.709. The number of rotatable bonds is 6. The van der Waals surface area contributed by atoms with Crippen LogP contribution < -0.4 is 10.6 Å². The monoisotopic (exact) mass is 184 g/mol. The van der Waals surface area contributed by atoms with Crippen molar-refractivity contribution >= 4 is 0 Å². The SMILES string of the molecule is CCCCC(C)NCC1CCNC1. The highest BCUT2D eigenvalue weighted by atomic mass is 15.0. The molecule has 78 valence electrons. The lowest BCUT2D eigenvalue weighted by molar-refractivity contribution is 0.436. The van der Waals surface area contributed by atoms with Crippen LogP contribution in [0.5, 0.6) is 0 Å². The fourth-order valence-electron chi connectivity index (χ4n) is 1.87. The van der Waals surface area contributed by atoms with Crippen LogP contribution in [0.15, 0.2) is 0 Å². The van der Waals surface area contributed by atoms with Gasteiger partial charge in [-0.05, 0) is 45.3 Å². The molecule has 0 aromatic heterocycles. The molecule has 0 amide bonds. The van der Waals surface area contributed by atoms with Gasteiger partial charge in [0.15, 0.2) is 0 Å². The average Bonchev–Trinajstić information content (AvgIpc) is 2.64. The standard InChI is InChI=1S/C11H24N2/c1-3-4-5-10(2)13-9-11-6-7-12-8-11/h10-13H,3-9H2,1-2H3. The fraction of sp³-hybridized carbons (Fsp3) is 1.00. The highest BCUT2D eigenvalue weighted by molar-refractivity contribution is 4.74. The normalized spacial score (nSPS) is 24.9. The summed E-state index contributed by atoms with van der Waals surface area (Å²) in [5.74, 6) is 0.879. The molecule has 2 atom stereocenters. The first kappa shape index (κ1) is 11.0. The molecular formula is C11H24N2. The Morgan fingerprint density at radius 2 is 2.38 bits per heavy atom. The molecule has 0 aliphatic carbocycles. The van der Waals surface area contributed by atoms with E-state index in [4.69, 9.17) is 0 Å². The molecule has 1 aliphatic rings. The van der Waals surface area contributed by atoms with Crippen LogP contribution in [0.1, 0.15) is 39.5 Å². The number of hydrogen-bond acceptors (Lipinski definition) is 2. The lowest BCUT2D eigenvalue weighted by Gasteiger charge is -2.16. The molecule has 2 unspecified atom stereocenters. The Morgan fingerprint density at radius 3 is 3.00 bits per heavy atom. The summed E-state index contributed by atoms with van der Waals surface area (Å²) >= 11 is 0. The summed E-state index contributed by atoms with van der Waals surface area (Å²) in [5, 5.41) is 7.02. The molecular weight excluding hydrogens is 160 g/mol. The Hall–Kier alpha value is -0.0800. The molecule has 1 rings (SSSR count). The van der Waals surface area contributed by atoms with Crippen molar-refractivity contribution in [2.24, 2.45) is 5.92 Å². The molecule has 1 fully saturated rings. The summed E-state index contributed by atoms with van der Waals surface area (Å²) in [5.41, 5.74) is 0.